The zero-order chi connectivity index (χ0) is 14.9. The maximum Gasteiger partial charge on any atom is 0.0406 e. The Balaban J connectivity index is 1.56. The average Bonchev–Trinajstić information content (AvgIpc) is 3.10. The highest BCUT2D eigenvalue weighted by Crippen LogP contribution is 2.30. The maximum absolute atomic E-state index is 6.02. The molecule has 0 saturated carbocycles. The number of likely N-dealkylation sites (tertiary alicyclic amines) is 1. The van der Waals surface area contributed by atoms with E-state index < -0.39 is 0 Å². The number of nitrogens with zero attached hydrogens (tertiary/aromatic N) is 1. The van der Waals surface area contributed by atoms with Crippen LogP contribution in [0.15, 0.2) is 48.5 Å². The van der Waals surface area contributed by atoms with Gasteiger partial charge in [0.05, 0.1) is 0 Å². The van der Waals surface area contributed by atoms with Crippen LogP contribution in [0.1, 0.15) is 5.56 Å². The molecule has 2 unspecified atom stereocenters. The van der Waals surface area contributed by atoms with E-state index in [2.05, 4.69) is 46.6 Å². The smallest absolute Gasteiger partial charge is 0.0406 e. The summed E-state index contributed by atoms with van der Waals surface area (Å²) in [7, 11) is 0. The summed E-state index contributed by atoms with van der Waals surface area (Å²) in [6, 6.07) is 16.9. The molecule has 2 saturated heterocycles. The van der Waals surface area contributed by atoms with Gasteiger partial charge in [-0.3, -0.25) is 4.90 Å². The van der Waals surface area contributed by atoms with Gasteiger partial charge in [-0.1, -0.05) is 48.0 Å². The molecule has 0 radical (unpaired) electrons. The number of halogens is 1. The molecule has 0 aliphatic carbocycles. The first-order valence-electron chi connectivity index (χ1n) is 8.06. The summed E-state index contributed by atoms with van der Waals surface area (Å²) in [5.41, 5.74) is 3.99. The van der Waals surface area contributed by atoms with Gasteiger partial charge in [-0.2, -0.15) is 0 Å². The van der Waals surface area contributed by atoms with Crippen LogP contribution in [0.4, 0.5) is 0 Å². The molecular weight excluding hydrogens is 292 g/mol. The van der Waals surface area contributed by atoms with Crippen LogP contribution >= 0.6 is 11.6 Å². The molecule has 2 aromatic carbocycles. The van der Waals surface area contributed by atoms with Crippen molar-refractivity contribution in [3.8, 4) is 11.1 Å². The normalized spacial score (nSPS) is 24.6. The average molecular weight is 313 g/mol. The fraction of sp³-hybridized carbons (Fsp3) is 0.368. The highest BCUT2D eigenvalue weighted by atomic mass is 35.5. The van der Waals surface area contributed by atoms with Gasteiger partial charge in [0, 0.05) is 24.7 Å². The molecule has 2 nitrogen and oxygen atoms in total. The number of rotatable bonds is 3. The van der Waals surface area contributed by atoms with Gasteiger partial charge < -0.3 is 5.32 Å². The standard InChI is InChI=1S/C19H21ClN2/c20-18-7-5-14(6-8-18)19-4-2-1-3-15(19)11-22-12-16-9-21-10-17(16)13-22/h1-8,16-17,21H,9-13H2. The van der Waals surface area contributed by atoms with Crippen molar-refractivity contribution in [1.29, 1.82) is 0 Å². The van der Waals surface area contributed by atoms with Crippen LogP contribution in [-0.2, 0) is 6.54 Å². The van der Waals surface area contributed by atoms with Crippen LogP contribution < -0.4 is 5.32 Å². The first-order chi connectivity index (χ1) is 10.8. The SMILES string of the molecule is Clc1ccc(-c2ccccc2CN2CC3CNCC3C2)cc1. The highest BCUT2D eigenvalue weighted by Gasteiger charge is 2.35. The van der Waals surface area contributed by atoms with Crippen LogP contribution in [0.25, 0.3) is 11.1 Å². The van der Waals surface area contributed by atoms with Crippen molar-refractivity contribution >= 4 is 11.6 Å². The lowest BCUT2D eigenvalue weighted by Crippen LogP contribution is -2.25. The molecule has 0 spiro atoms. The summed E-state index contributed by atoms with van der Waals surface area (Å²) < 4.78 is 0. The van der Waals surface area contributed by atoms with Crippen molar-refractivity contribution in [3.63, 3.8) is 0 Å². The molecule has 2 aromatic rings. The van der Waals surface area contributed by atoms with E-state index in [1.54, 1.807) is 0 Å². The van der Waals surface area contributed by atoms with Crippen LogP contribution in [0, 0.1) is 11.8 Å². The van der Waals surface area contributed by atoms with E-state index in [0.29, 0.717) is 0 Å². The topological polar surface area (TPSA) is 15.3 Å². The predicted octanol–water partition coefficient (Wildman–Crippen LogP) is 3.66. The van der Waals surface area contributed by atoms with Crippen molar-refractivity contribution in [2.24, 2.45) is 11.8 Å². The van der Waals surface area contributed by atoms with E-state index in [-0.39, 0.29) is 0 Å². The summed E-state index contributed by atoms with van der Waals surface area (Å²) in [4.78, 5) is 2.62. The van der Waals surface area contributed by atoms with Crippen LogP contribution in [0.3, 0.4) is 0 Å². The zero-order valence-electron chi connectivity index (χ0n) is 12.6. The number of fused-ring (bicyclic) bond motifs is 1. The third kappa shape index (κ3) is 2.79. The Labute approximate surface area is 137 Å². The summed E-state index contributed by atoms with van der Waals surface area (Å²) >= 11 is 6.02. The van der Waals surface area contributed by atoms with Crippen molar-refractivity contribution in [1.82, 2.24) is 10.2 Å². The fourth-order valence-corrected chi connectivity index (χ4v) is 4.02. The van der Waals surface area contributed by atoms with Crippen molar-refractivity contribution in [3.05, 3.63) is 59.1 Å². The van der Waals surface area contributed by atoms with E-state index in [1.165, 1.54) is 42.9 Å². The van der Waals surface area contributed by atoms with Gasteiger partial charge in [-0.15, -0.1) is 0 Å². The van der Waals surface area contributed by atoms with Gasteiger partial charge in [-0.25, -0.2) is 0 Å². The quantitative estimate of drug-likeness (QED) is 0.930. The zero-order valence-corrected chi connectivity index (χ0v) is 13.4. The van der Waals surface area contributed by atoms with E-state index in [4.69, 9.17) is 11.6 Å². The van der Waals surface area contributed by atoms with Crippen molar-refractivity contribution in [2.75, 3.05) is 26.2 Å². The van der Waals surface area contributed by atoms with Crippen LogP contribution in [0.5, 0.6) is 0 Å². The first kappa shape index (κ1) is 14.3. The van der Waals surface area contributed by atoms with Gasteiger partial charge in [0.1, 0.15) is 0 Å². The Kier molecular flexibility index (Phi) is 3.91. The van der Waals surface area contributed by atoms with Crippen LogP contribution in [-0.4, -0.2) is 31.1 Å². The second-order valence-electron chi connectivity index (χ2n) is 6.54. The molecule has 22 heavy (non-hydrogen) atoms. The minimum absolute atomic E-state index is 0.793. The summed E-state index contributed by atoms with van der Waals surface area (Å²) in [5, 5.41) is 4.30. The second kappa shape index (κ2) is 6.04. The third-order valence-electron chi connectivity index (χ3n) is 5.03. The number of benzene rings is 2. The largest absolute Gasteiger partial charge is 0.316 e. The first-order valence-corrected chi connectivity index (χ1v) is 8.44. The fourth-order valence-electron chi connectivity index (χ4n) is 3.89. The molecule has 4 rings (SSSR count). The molecule has 0 bridgehead atoms. The number of nitrogens with one attached hydrogen (secondary N) is 1. The Morgan fingerprint density at radius 3 is 2.36 bits per heavy atom. The Hall–Kier alpha value is -1.35. The van der Waals surface area contributed by atoms with E-state index in [1.807, 2.05) is 12.1 Å². The second-order valence-corrected chi connectivity index (χ2v) is 6.97. The predicted molar refractivity (Wildman–Crippen MR) is 92.0 cm³/mol. The molecule has 2 atom stereocenters. The van der Waals surface area contributed by atoms with Gasteiger partial charge >= 0.3 is 0 Å². The summed E-state index contributed by atoms with van der Waals surface area (Å²) in [6.07, 6.45) is 0. The van der Waals surface area contributed by atoms with Crippen LogP contribution in [0.2, 0.25) is 5.02 Å². The lowest BCUT2D eigenvalue weighted by Gasteiger charge is -2.19. The number of hydrogen-bond acceptors (Lipinski definition) is 2. The van der Waals surface area contributed by atoms with E-state index >= 15 is 0 Å². The molecule has 0 aromatic heterocycles. The Bertz CT molecular complexity index is 641. The summed E-state index contributed by atoms with van der Waals surface area (Å²) in [6.45, 7) is 5.89. The molecule has 2 aliphatic rings. The van der Waals surface area contributed by atoms with Crippen molar-refractivity contribution in [2.45, 2.75) is 6.54 Å². The summed E-state index contributed by atoms with van der Waals surface area (Å²) in [5.74, 6) is 1.70. The molecule has 0 amide bonds. The molecule has 2 aliphatic heterocycles. The highest BCUT2D eigenvalue weighted by molar-refractivity contribution is 6.30. The Morgan fingerprint density at radius 2 is 1.64 bits per heavy atom. The molecule has 114 valence electrons. The molecule has 3 heteroatoms. The number of hydrogen-bond donors (Lipinski definition) is 1. The molecule has 2 fully saturated rings. The minimum atomic E-state index is 0.793. The van der Waals surface area contributed by atoms with Gasteiger partial charge in [-0.05, 0) is 53.7 Å². The molecular formula is C19H21ClN2. The van der Waals surface area contributed by atoms with E-state index in [9.17, 15) is 0 Å². The maximum atomic E-state index is 6.02. The van der Waals surface area contributed by atoms with Gasteiger partial charge in [0.15, 0.2) is 0 Å². The monoisotopic (exact) mass is 312 g/mol. The lowest BCUT2D eigenvalue weighted by molar-refractivity contribution is 0.306. The van der Waals surface area contributed by atoms with Gasteiger partial charge in [0.25, 0.3) is 0 Å². The minimum Gasteiger partial charge on any atom is -0.316 e. The molecule has 2 heterocycles. The van der Waals surface area contributed by atoms with Crippen molar-refractivity contribution < 1.29 is 0 Å². The van der Waals surface area contributed by atoms with E-state index in [0.717, 1.165) is 23.4 Å². The Morgan fingerprint density at radius 1 is 0.955 bits per heavy atom. The van der Waals surface area contributed by atoms with Gasteiger partial charge in [0.2, 0.25) is 0 Å². The third-order valence-corrected chi connectivity index (χ3v) is 5.28. The lowest BCUT2D eigenvalue weighted by atomic mass is 9.99. The molecule has 1 N–H and O–H groups in total.